The first-order valence-electron chi connectivity index (χ1n) is 7.57. The fourth-order valence-electron chi connectivity index (χ4n) is 2.18. The summed E-state index contributed by atoms with van der Waals surface area (Å²) < 4.78 is 15.4. The lowest BCUT2D eigenvalue weighted by Crippen LogP contribution is -2.19. The number of furan rings is 1. The van der Waals surface area contributed by atoms with Gasteiger partial charge in [0, 0.05) is 17.5 Å². The quantitative estimate of drug-likeness (QED) is 0.277. The number of carbonyl (C=O) groups excluding carboxylic acids is 2. The molecule has 0 aliphatic rings. The van der Waals surface area contributed by atoms with Crippen molar-refractivity contribution >= 4 is 28.4 Å². The topological polar surface area (TPSA) is 109 Å². The number of carbonyl (C=O) groups is 2. The number of ketones is 1. The van der Waals surface area contributed by atoms with Gasteiger partial charge in [-0.05, 0) is 24.3 Å². The third-order valence-electron chi connectivity index (χ3n) is 3.47. The van der Waals surface area contributed by atoms with Gasteiger partial charge in [0.2, 0.25) is 5.78 Å². The van der Waals surface area contributed by atoms with Gasteiger partial charge in [-0.1, -0.05) is 18.2 Å². The molecule has 0 unspecified atom stereocenters. The Bertz CT molecular complexity index is 926. The zero-order valence-electron chi connectivity index (χ0n) is 13.4. The van der Waals surface area contributed by atoms with Crippen LogP contribution in [0.25, 0.3) is 11.0 Å². The monoisotopic (exact) mass is 355 g/mol. The first-order valence-corrected chi connectivity index (χ1v) is 7.57. The van der Waals surface area contributed by atoms with E-state index in [0.29, 0.717) is 5.58 Å². The second kappa shape index (κ2) is 7.47. The lowest BCUT2D eigenvalue weighted by atomic mass is 10.2. The SMILES string of the molecule is O=C(COc1ccc([N+](=O)[O-])cc1)OCC(=O)c1cc2ccccc2o1. The highest BCUT2D eigenvalue weighted by molar-refractivity contribution is 5.99. The average molecular weight is 355 g/mol. The Balaban J connectivity index is 1.48. The summed E-state index contributed by atoms with van der Waals surface area (Å²) >= 11 is 0. The van der Waals surface area contributed by atoms with Gasteiger partial charge < -0.3 is 13.9 Å². The molecule has 132 valence electrons. The minimum atomic E-state index is -0.743. The number of fused-ring (bicyclic) bond motifs is 1. The van der Waals surface area contributed by atoms with Gasteiger partial charge in [0.15, 0.2) is 19.0 Å². The lowest BCUT2D eigenvalue weighted by molar-refractivity contribution is -0.384. The maximum Gasteiger partial charge on any atom is 0.344 e. The number of esters is 1. The number of rotatable bonds is 7. The second-order valence-electron chi connectivity index (χ2n) is 5.27. The molecule has 0 atom stereocenters. The molecule has 26 heavy (non-hydrogen) atoms. The first-order chi connectivity index (χ1) is 12.5. The Morgan fingerprint density at radius 2 is 1.77 bits per heavy atom. The molecule has 2 aromatic carbocycles. The zero-order chi connectivity index (χ0) is 18.5. The molecule has 0 saturated carbocycles. The molecule has 0 fully saturated rings. The molecule has 0 N–H and O–H groups in total. The van der Waals surface area contributed by atoms with Crippen LogP contribution in [-0.4, -0.2) is 29.9 Å². The number of non-ortho nitro benzene ring substituents is 1. The summed E-state index contributed by atoms with van der Waals surface area (Å²) in [6.07, 6.45) is 0. The third kappa shape index (κ3) is 4.04. The molecule has 0 radical (unpaired) electrons. The van der Waals surface area contributed by atoms with Crippen molar-refractivity contribution in [3.63, 3.8) is 0 Å². The van der Waals surface area contributed by atoms with E-state index in [1.807, 2.05) is 6.07 Å². The van der Waals surface area contributed by atoms with E-state index in [1.54, 1.807) is 24.3 Å². The number of benzene rings is 2. The molecule has 3 aromatic rings. The number of Topliss-reactive ketones (excluding diaryl/α,β-unsaturated/α-hetero) is 1. The predicted octanol–water partition coefficient (Wildman–Crippen LogP) is 3.15. The normalized spacial score (nSPS) is 10.5. The summed E-state index contributed by atoms with van der Waals surface area (Å²) in [6.45, 7) is -0.895. The Morgan fingerprint density at radius 1 is 1.04 bits per heavy atom. The number of nitro groups is 1. The van der Waals surface area contributed by atoms with Crippen LogP contribution >= 0.6 is 0 Å². The van der Waals surface area contributed by atoms with E-state index in [-0.39, 0.29) is 17.2 Å². The van der Waals surface area contributed by atoms with E-state index in [9.17, 15) is 19.7 Å². The highest BCUT2D eigenvalue weighted by Gasteiger charge is 2.15. The molecule has 0 aliphatic carbocycles. The van der Waals surface area contributed by atoms with Gasteiger partial charge in [-0.15, -0.1) is 0 Å². The summed E-state index contributed by atoms with van der Waals surface area (Å²) in [4.78, 5) is 33.7. The highest BCUT2D eigenvalue weighted by Crippen LogP contribution is 2.19. The van der Waals surface area contributed by atoms with Gasteiger partial charge in [0.25, 0.3) is 5.69 Å². The molecule has 3 rings (SSSR count). The Labute approximate surface area is 147 Å². The van der Waals surface area contributed by atoms with Gasteiger partial charge >= 0.3 is 5.97 Å². The van der Waals surface area contributed by atoms with Crippen LogP contribution in [0, 0.1) is 10.1 Å². The molecule has 0 aliphatic heterocycles. The minimum Gasteiger partial charge on any atom is -0.482 e. The third-order valence-corrected chi connectivity index (χ3v) is 3.47. The van der Waals surface area contributed by atoms with Crippen LogP contribution in [0.1, 0.15) is 10.6 Å². The standard InChI is InChI=1S/C18H13NO7/c20-15(17-9-12-3-1-2-4-16(12)26-17)10-25-18(21)11-24-14-7-5-13(6-8-14)19(22)23/h1-9H,10-11H2. The van der Waals surface area contributed by atoms with E-state index < -0.39 is 29.9 Å². The number of para-hydroxylation sites is 1. The summed E-state index contributed by atoms with van der Waals surface area (Å²) in [7, 11) is 0. The van der Waals surface area contributed by atoms with E-state index in [2.05, 4.69) is 0 Å². The van der Waals surface area contributed by atoms with Gasteiger partial charge in [-0.3, -0.25) is 14.9 Å². The van der Waals surface area contributed by atoms with Crippen LogP contribution in [0.15, 0.2) is 59.0 Å². The fraction of sp³-hybridized carbons (Fsp3) is 0.111. The molecule has 0 spiro atoms. The molecular formula is C18H13NO7. The van der Waals surface area contributed by atoms with E-state index in [4.69, 9.17) is 13.9 Å². The maximum absolute atomic E-state index is 12.0. The smallest absolute Gasteiger partial charge is 0.344 e. The largest absolute Gasteiger partial charge is 0.482 e. The Hall–Kier alpha value is -3.68. The van der Waals surface area contributed by atoms with Crippen molar-refractivity contribution in [3.05, 3.63) is 70.5 Å². The number of nitrogens with zero attached hydrogens (tertiary/aromatic N) is 1. The van der Waals surface area contributed by atoms with Crippen molar-refractivity contribution in [1.29, 1.82) is 0 Å². The van der Waals surface area contributed by atoms with Gasteiger partial charge in [0.1, 0.15) is 11.3 Å². The lowest BCUT2D eigenvalue weighted by Gasteiger charge is -2.06. The van der Waals surface area contributed by atoms with Crippen LogP contribution in [-0.2, 0) is 9.53 Å². The van der Waals surface area contributed by atoms with Crippen molar-refractivity contribution in [2.75, 3.05) is 13.2 Å². The van der Waals surface area contributed by atoms with Crippen LogP contribution in [0.4, 0.5) is 5.69 Å². The molecular weight excluding hydrogens is 342 g/mol. The van der Waals surface area contributed by atoms with Crippen molar-refractivity contribution in [3.8, 4) is 5.75 Å². The van der Waals surface area contributed by atoms with Crippen molar-refractivity contribution in [2.24, 2.45) is 0 Å². The van der Waals surface area contributed by atoms with Crippen LogP contribution in [0.5, 0.6) is 5.75 Å². The molecule has 8 nitrogen and oxygen atoms in total. The second-order valence-corrected chi connectivity index (χ2v) is 5.27. The van der Waals surface area contributed by atoms with E-state index in [0.717, 1.165) is 5.39 Å². The van der Waals surface area contributed by atoms with E-state index >= 15 is 0 Å². The summed E-state index contributed by atoms with van der Waals surface area (Å²) in [5.41, 5.74) is 0.486. The summed E-state index contributed by atoms with van der Waals surface area (Å²) in [5, 5.41) is 11.3. The van der Waals surface area contributed by atoms with Gasteiger partial charge in [-0.25, -0.2) is 4.79 Å². The number of hydrogen-bond acceptors (Lipinski definition) is 7. The van der Waals surface area contributed by atoms with E-state index in [1.165, 1.54) is 24.3 Å². The number of nitro benzene ring substituents is 1. The first kappa shape index (κ1) is 17.2. The molecule has 0 amide bonds. The maximum atomic E-state index is 12.0. The van der Waals surface area contributed by atoms with Gasteiger partial charge in [-0.2, -0.15) is 0 Å². The Kier molecular flexibility index (Phi) is 4.93. The molecule has 1 heterocycles. The molecule has 1 aromatic heterocycles. The van der Waals surface area contributed by atoms with Crippen molar-refractivity contribution < 1.29 is 28.4 Å². The average Bonchev–Trinajstić information content (AvgIpc) is 3.09. The molecule has 0 bridgehead atoms. The minimum absolute atomic E-state index is 0.0867. The zero-order valence-corrected chi connectivity index (χ0v) is 13.4. The Morgan fingerprint density at radius 3 is 2.46 bits per heavy atom. The van der Waals surface area contributed by atoms with Crippen LogP contribution in [0.2, 0.25) is 0 Å². The van der Waals surface area contributed by atoms with Crippen LogP contribution < -0.4 is 4.74 Å². The fourth-order valence-corrected chi connectivity index (χ4v) is 2.18. The van der Waals surface area contributed by atoms with Gasteiger partial charge in [0.05, 0.1) is 4.92 Å². The molecule has 8 heteroatoms. The van der Waals surface area contributed by atoms with Crippen LogP contribution in [0.3, 0.4) is 0 Å². The summed E-state index contributed by atoms with van der Waals surface area (Å²) in [6, 6.07) is 14.0. The highest BCUT2D eigenvalue weighted by atomic mass is 16.6. The summed E-state index contributed by atoms with van der Waals surface area (Å²) in [5.74, 6) is -0.829. The molecule has 0 saturated heterocycles. The number of hydrogen-bond donors (Lipinski definition) is 0. The van der Waals surface area contributed by atoms with Crippen molar-refractivity contribution in [2.45, 2.75) is 0 Å². The number of ether oxygens (including phenoxy) is 2. The van der Waals surface area contributed by atoms with Crippen molar-refractivity contribution in [1.82, 2.24) is 0 Å². The predicted molar refractivity (Wildman–Crippen MR) is 90.1 cm³/mol.